The molecule has 1 saturated carbocycles. The van der Waals surface area contributed by atoms with Crippen molar-refractivity contribution >= 4 is 109 Å². The van der Waals surface area contributed by atoms with Gasteiger partial charge in [0.1, 0.15) is 26.2 Å². The van der Waals surface area contributed by atoms with Crippen LogP contribution in [0.3, 0.4) is 0 Å². The number of aromatic nitrogens is 2. The topological polar surface area (TPSA) is 127 Å². The summed E-state index contributed by atoms with van der Waals surface area (Å²) in [6.07, 6.45) is 5.12. The van der Waals surface area contributed by atoms with Gasteiger partial charge in [-0.1, -0.05) is 72.4 Å². The average molecular weight is 1010 g/mol. The normalized spacial score (nSPS) is 22.7. The molecule has 0 spiro atoms. The fourth-order valence-corrected chi connectivity index (χ4v) is 12.2. The molecule has 9 nitrogen and oxygen atoms in total. The summed E-state index contributed by atoms with van der Waals surface area (Å²) in [5, 5.41) is 13.4. The van der Waals surface area contributed by atoms with Crippen LogP contribution in [0.25, 0.3) is 0 Å². The fourth-order valence-electron chi connectivity index (χ4n) is 7.94. The highest BCUT2D eigenvalue weighted by Crippen LogP contribution is 2.43. The third kappa shape index (κ3) is 9.71. The highest BCUT2D eigenvalue weighted by molar-refractivity contribution is 9.10. The molecular weight excluding hydrogens is 968 g/mol. The third-order valence-corrected chi connectivity index (χ3v) is 16.4. The lowest BCUT2D eigenvalue weighted by molar-refractivity contribution is -0.134. The maximum atomic E-state index is 13.4. The van der Waals surface area contributed by atoms with Crippen LogP contribution in [0.5, 0.6) is 5.88 Å². The molecule has 4 aromatic heterocycles. The molecule has 4 atom stereocenters. The molecule has 2 amide bonds. The molecule has 6 heterocycles. The number of Topliss-reactive ketones (excluding diaryl/α,β-unsaturated/α-hetero) is 2. The van der Waals surface area contributed by atoms with Gasteiger partial charge in [0, 0.05) is 28.7 Å². The number of nitrogens with zero attached hydrogens (tertiary/aromatic N) is 2. The first-order chi connectivity index (χ1) is 30.0. The Balaban J connectivity index is 0.000000174. The molecule has 0 radical (unpaired) electrons. The van der Waals surface area contributed by atoms with Crippen molar-refractivity contribution < 1.29 is 23.9 Å². The van der Waals surface area contributed by atoms with Crippen molar-refractivity contribution in [2.45, 2.75) is 69.9 Å². The Morgan fingerprint density at radius 3 is 1.63 bits per heavy atom. The number of ketones is 2. The zero-order chi connectivity index (χ0) is 43.3. The van der Waals surface area contributed by atoms with Gasteiger partial charge in [-0.25, -0.2) is 9.97 Å². The molecule has 9 rings (SSSR count). The van der Waals surface area contributed by atoms with Gasteiger partial charge in [0.15, 0.2) is 11.6 Å². The monoisotopic (exact) mass is 1000 g/mol. The van der Waals surface area contributed by atoms with Crippen LogP contribution in [0.15, 0.2) is 133 Å². The Bertz CT molecular complexity index is 2540. The molecule has 6 aromatic rings. The maximum Gasteiger partial charge on any atom is 0.242 e. The number of halogens is 3. The zero-order valence-electron chi connectivity index (χ0n) is 32.9. The van der Waals surface area contributed by atoms with E-state index in [0.717, 1.165) is 11.1 Å². The van der Waals surface area contributed by atoms with Crippen LogP contribution in [0.4, 0.5) is 0 Å². The van der Waals surface area contributed by atoms with Gasteiger partial charge in [-0.05, 0) is 122 Å². The van der Waals surface area contributed by atoms with Crippen molar-refractivity contribution in [3.63, 3.8) is 0 Å². The molecular formula is C46H39BrCl2N4O5S4. The van der Waals surface area contributed by atoms with Crippen LogP contribution in [-0.2, 0) is 30.3 Å². The zero-order valence-corrected chi connectivity index (χ0v) is 39.3. The highest BCUT2D eigenvalue weighted by Gasteiger charge is 2.50. The predicted octanol–water partition coefficient (Wildman–Crippen LogP) is 10.9. The van der Waals surface area contributed by atoms with E-state index in [1.807, 2.05) is 106 Å². The number of thiophene rings is 2. The third-order valence-electron chi connectivity index (χ3n) is 11.1. The minimum Gasteiger partial charge on any atom is -0.477 e. The molecule has 2 aromatic carbocycles. The number of hydrogen-bond acceptors (Lipinski definition) is 11. The number of ether oxygens (including phenoxy) is 1. The van der Waals surface area contributed by atoms with Crippen molar-refractivity contribution in [1.29, 1.82) is 0 Å². The summed E-state index contributed by atoms with van der Waals surface area (Å²) in [5.41, 5.74) is 0.932. The molecule has 2 aliphatic heterocycles. The molecule has 0 bridgehead atoms. The van der Waals surface area contributed by atoms with Crippen molar-refractivity contribution in [2.24, 2.45) is 5.92 Å². The number of amides is 2. The van der Waals surface area contributed by atoms with Crippen LogP contribution < -0.4 is 15.4 Å². The molecule has 16 heteroatoms. The van der Waals surface area contributed by atoms with Gasteiger partial charge >= 0.3 is 0 Å². The van der Waals surface area contributed by atoms with E-state index in [1.165, 1.54) is 71.9 Å². The molecule has 318 valence electrons. The van der Waals surface area contributed by atoms with Gasteiger partial charge in [0.05, 0.1) is 28.0 Å². The lowest BCUT2D eigenvalue weighted by atomic mass is 9.79. The molecule has 2 N–H and O–H groups in total. The number of nitrogens with one attached hydrogen (secondary N) is 2. The van der Waals surface area contributed by atoms with Crippen LogP contribution in [0.1, 0.15) is 61.0 Å². The second-order valence-corrected chi connectivity index (χ2v) is 20.6. The molecule has 3 aliphatic rings. The number of benzene rings is 2. The van der Waals surface area contributed by atoms with E-state index < -0.39 is 21.6 Å². The first-order valence-corrected chi connectivity index (χ1v) is 25.0. The number of rotatable bonds is 11. The second kappa shape index (κ2) is 19.8. The van der Waals surface area contributed by atoms with E-state index in [-0.39, 0.29) is 36.2 Å². The van der Waals surface area contributed by atoms with Gasteiger partial charge < -0.3 is 15.4 Å². The number of pyridine rings is 2. The number of carbonyl (C=O) groups excluding carboxylic acids is 4. The first-order valence-electron chi connectivity index (χ1n) is 19.9. The van der Waals surface area contributed by atoms with E-state index in [9.17, 15) is 19.2 Å². The Morgan fingerprint density at radius 2 is 1.16 bits per heavy atom. The van der Waals surface area contributed by atoms with Gasteiger partial charge in [-0.3, -0.25) is 19.2 Å². The smallest absolute Gasteiger partial charge is 0.242 e. The molecule has 3 fully saturated rings. The summed E-state index contributed by atoms with van der Waals surface area (Å²) in [6.45, 7) is 0.643. The summed E-state index contributed by atoms with van der Waals surface area (Å²) in [6, 6.07) is 29.4. The minimum atomic E-state index is -1.03. The Kier molecular flexibility index (Phi) is 14.2. The Hall–Kier alpha value is -4.02. The minimum absolute atomic E-state index is 0.108. The molecule has 1 aliphatic carbocycles. The summed E-state index contributed by atoms with van der Waals surface area (Å²) >= 11 is 21.3. The largest absolute Gasteiger partial charge is 0.477 e. The van der Waals surface area contributed by atoms with Crippen molar-refractivity contribution in [2.75, 3.05) is 6.61 Å². The first kappa shape index (κ1) is 44.6. The van der Waals surface area contributed by atoms with Crippen LogP contribution in [0.2, 0.25) is 10.0 Å². The van der Waals surface area contributed by atoms with Crippen molar-refractivity contribution in [3.8, 4) is 5.88 Å². The summed E-state index contributed by atoms with van der Waals surface area (Å²) in [7, 11) is 0. The van der Waals surface area contributed by atoms with Crippen LogP contribution in [-0.4, -0.2) is 50.5 Å². The highest BCUT2D eigenvalue weighted by atomic mass is 79.9. The quantitative estimate of drug-likeness (QED) is 0.0963. The summed E-state index contributed by atoms with van der Waals surface area (Å²) in [5.74, 6) is 0.101. The lowest BCUT2D eigenvalue weighted by Gasteiger charge is -2.39. The molecule has 62 heavy (non-hydrogen) atoms. The van der Waals surface area contributed by atoms with E-state index >= 15 is 0 Å². The molecule has 4 unspecified atom stereocenters. The fraction of sp³-hybridized carbons (Fsp3) is 0.261. The van der Waals surface area contributed by atoms with Crippen molar-refractivity contribution in [3.05, 3.63) is 156 Å². The van der Waals surface area contributed by atoms with E-state index in [0.29, 0.717) is 54.2 Å². The average Bonchev–Trinajstić information content (AvgIpc) is 4.10. The Labute approximate surface area is 394 Å². The second-order valence-electron chi connectivity index (χ2n) is 15.1. The van der Waals surface area contributed by atoms with E-state index in [4.69, 9.17) is 32.9 Å². The lowest BCUT2D eigenvalue weighted by Crippen LogP contribution is -2.58. The van der Waals surface area contributed by atoms with Gasteiger partial charge in [0.2, 0.25) is 17.7 Å². The maximum absolute atomic E-state index is 13.4. The number of hydrogen-bond donors (Lipinski definition) is 2. The molecule has 2 saturated heterocycles. The standard InChI is InChI=1S/C26H25ClN2O3S2.C20H14BrClN2O2S2/c27-19-8-3-4-9-21(19)34-24-20(30)14-26(29-25(24)31,18-12-13-33-16-18)22-10-5-11-23(28-22)32-15-17-6-1-2-7-17;21-17-7-3-6-16(23-17)20(12-8-9-27-11-12)10-14(25)18(19(26)24-20)28-15-5-2-1-4-13(15)22/h3-5,8-13,16-17,24H,1-2,6-7,14-15H2,(H,29,31);1-9,11,18H,10H2,(H,24,26). The SMILES string of the molecule is O=C1CC(c2ccsc2)(c2cccc(Br)n2)NC(=O)C1Sc1ccccc1Cl.O=C1CC(c2ccsc2)(c2cccc(OCC3CCCC3)n2)NC(=O)C1Sc1ccccc1Cl. The van der Waals surface area contributed by atoms with E-state index in [1.54, 1.807) is 12.1 Å². The summed E-state index contributed by atoms with van der Waals surface area (Å²) < 4.78 is 6.67. The van der Waals surface area contributed by atoms with Crippen molar-refractivity contribution in [1.82, 2.24) is 20.6 Å². The number of carbonyl (C=O) groups is 4. The van der Waals surface area contributed by atoms with Crippen LogP contribution >= 0.6 is 85.3 Å². The van der Waals surface area contributed by atoms with Gasteiger partial charge in [-0.2, -0.15) is 22.7 Å². The number of thioether (sulfide) groups is 2. The number of piperidine rings is 2. The Morgan fingerprint density at radius 1 is 0.661 bits per heavy atom. The van der Waals surface area contributed by atoms with E-state index in [2.05, 4.69) is 31.5 Å². The van der Waals surface area contributed by atoms with Gasteiger partial charge in [0.25, 0.3) is 0 Å². The van der Waals surface area contributed by atoms with Crippen LogP contribution in [0, 0.1) is 5.92 Å². The summed E-state index contributed by atoms with van der Waals surface area (Å²) in [4.78, 5) is 63.7. The van der Waals surface area contributed by atoms with Gasteiger partial charge in [-0.15, -0.1) is 23.5 Å². The predicted molar refractivity (Wildman–Crippen MR) is 252 cm³/mol.